The van der Waals surface area contributed by atoms with Crippen LogP contribution in [0.3, 0.4) is 0 Å². The molecule has 0 unspecified atom stereocenters. The number of nitrogens with zero attached hydrogens (tertiary/aromatic N) is 1. The molecule has 0 saturated heterocycles. The van der Waals surface area contributed by atoms with Gasteiger partial charge in [0.2, 0.25) is 0 Å². The summed E-state index contributed by atoms with van der Waals surface area (Å²) in [6.07, 6.45) is 3.21. The van der Waals surface area contributed by atoms with Crippen LogP contribution in [0.4, 0.5) is 5.69 Å². The third kappa shape index (κ3) is 0.934. The molecule has 12 heavy (non-hydrogen) atoms. The zero-order valence-corrected chi connectivity index (χ0v) is 6.24. The fourth-order valence-corrected chi connectivity index (χ4v) is 1.13. The van der Waals surface area contributed by atoms with Gasteiger partial charge in [0.1, 0.15) is 0 Å². The Labute approximate surface area is 68.1 Å². The summed E-state index contributed by atoms with van der Waals surface area (Å²) >= 11 is 0. The zero-order chi connectivity index (χ0) is 8.55. The van der Waals surface area contributed by atoms with Gasteiger partial charge in [-0.2, -0.15) is 0 Å². The minimum atomic E-state index is -0.201. The molecule has 0 fully saturated rings. The molecule has 0 aromatic carbocycles. The minimum Gasteiger partial charge on any atom is -0.398 e. The van der Waals surface area contributed by atoms with E-state index in [2.05, 4.69) is 9.97 Å². The molecule has 60 valence electrons. The fraction of sp³-hybridized carbons (Fsp3) is 0. The van der Waals surface area contributed by atoms with Crippen molar-refractivity contribution in [3.05, 3.63) is 34.9 Å². The van der Waals surface area contributed by atoms with Crippen molar-refractivity contribution in [2.24, 2.45) is 0 Å². The number of nitrogens with two attached hydrogens (primary N) is 1. The molecule has 0 spiro atoms. The quantitative estimate of drug-likeness (QED) is 0.591. The van der Waals surface area contributed by atoms with E-state index in [1.54, 1.807) is 18.5 Å². The summed E-state index contributed by atoms with van der Waals surface area (Å²) in [6, 6.07) is 3.13. The lowest BCUT2D eigenvalue weighted by molar-refractivity contribution is 1.26. The number of aromatic amines is 1. The molecule has 2 rings (SSSR count). The molecule has 2 aromatic rings. The Morgan fingerprint density at radius 1 is 1.50 bits per heavy atom. The van der Waals surface area contributed by atoms with Crippen LogP contribution in [0.25, 0.3) is 10.9 Å². The molecule has 0 aliphatic heterocycles. The fourth-order valence-electron chi connectivity index (χ4n) is 1.13. The molecule has 0 amide bonds. The molecule has 0 radical (unpaired) electrons. The van der Waals surface area contributed by atoms with Gasteiger partial charge in [0.15, 0.2) is 0 Å². The van der Waals surface area contributed by atoms with E-state index in [0.29, 0.717) is 11.2 Å². The lowest BCUT2D eigenvalue weighted by Crippen LogP contribution is -2.06. The lowest BCUT2D eigenvalue weighted by atomic mass is 10.2. The Hall–Kier alpha value is -1.84. The second kappa shape index (κ2) is 2.34. The predicted octanol–water partition coefficient (Wildman–Crippen LogP) is 0.505. The first-order chi connectivity index (χ1) is 5.77. The number of nitrogens with one attached hydrogen (secondary N) is 1. The molecular weight excluding hydrogens is 154 g/mol. The van der Waals surface area contributed by atoms with Crippen molar-refractivity contribution in [1.29, 1.82) is 0 Å². The third-order valence-corrected chi connectivity index (χ3v) is 1.68. The monoisotopic (exact) mass is 161 g/mol. The number of nitrogen functional groups attached to an aromatic ring is 1. The maximum Gasteiger partial charge on any atom is 0.250 e. The molecule has 3 N–H and O–H groups in total. The maximum atomic E-state index is 10.9. The number of aromatic nitrogens is 2. The van der Waals surface area contributed by atoms with E-state index in [9.17, 15) is 4.79 Å². The minimum absolute atomic E-state index is 0.201. The van der Waals surface area contributed by atoms with Gasteiger partial charge in [-0.1, -0.05) is 0 Å². The molecular formula is C8H7N3O. The Morgan fingerprint density at radius 2 is 2.33 bits per heavy atom. The van der Waals surface area contributed by atoms with E-state index in [0.717, 1.165) is 5.39 Å². The molecule has 0 bridgehead atoms. The highest BCUT2D eigenvalue weighted by Crippen LogP contribution is 2.13. The van der Waals surface area contributed by atoms with Crippen LogP contribution in [0.2, 0.25) is 0 Å². The number of hydrogen-bond donors (Lipinski definition) is 2. The molecule has 0 aliphatic carbocycles. The van der Waals surface area contributed by atoms with Crippen LogP contribution in [-0.2, 0) is 0 Å². The van der Waals surface area contributed by atoms with E-state index in [-0.39, 0.29) is 5.56 Å². The van der Waals surface area contributed by atoms with E-state index in [1.807, 2.05) is 0 Å². The van der Waals surface area contributed by atoms with Gasteiger partial charge in [-0.25, -0.2) is 0 Å². The van der Waals surface area contributed by atoms with Gasteiger partial charge in [-0.15, -0.1) is 0 Å². The van der Waals surface area contributed by atoms with Crippen LogP contribution >= 0.6 is 0 Å². The van der Waals surface area contributed by atoms with Crippen LogP contribution in [-0.4, -0.2) is 9.97 Å². The molecule has 0 atom stereocenters. The van der Waals surface area contributed by atoms with Gasteiger partial charge in [0.25, 0.3) is 5.56 Å². The highest BCUT2D eigenvalue weighted by atomic mass is 16.1. The molecule has 4 heteroatoms. The molecule has 0 saturated carbocycles. The predicted molar refractivity (Wildman–Crippen MR) is 46.8 cm³/mol. The van der Waals surface area contributed by atoms with E-state index in [1.165, 1.54) is 6.07 Å². The molecule has 4 nitrogen and oxygen atoms in total. The summed E-state index contributed by atoms with van der Waals surface area (Å²) in [7, 11) is 0. The smallest absolute Gasteiger partial charge is 0.250 e. The van der Waals surface area contributed by atoms with Crippen LogP contribution in [0.5, 0.6) is 0 Å². The van der Waals surface area contributed by atoms with E-state index in [4.69, 9.17) is 5.73 Å². The Kier molecular flexibility index (Phi) is 1.33. The van der Waals surface area contributed by atoms with Crippen molar-refractivity contribution in [1.82, 2.24) is 9.97 Å². The first-order valence-corrected chi connectivity index (χ1v) is 3.50. The van der Waals surface area contributed by atoms with Crippen molar-refractivity contribution in [3.63, 3.8) is 0 Å². The number of hydrogen-bond acceptors (Lipinski definition) is 3. The highest BCUT2D eigenvalue weighted by Gasteiger charge is 1.97. The van der Waals surface area contributed by atoms with E-state index >= 15 is 0 Å². The summed E-state index contributed by atoms with van der Waals surface area (Å²) in [5.74, 6) is 0. The van der Waals surface area contributed by atoms with E-state index < -0.39 is 0 Å². The Morgan fingerprint density at radius 3 is 3.17 bits per heavy atom. The number of fused-ring (bicyclic) bond motifs is 1. The maximum absolute atomic E-state index is 10.9. The number of pyridine rings is 2. The van der Waals surface area contributed by atoms with Crippen molar-refractivity contribution >= 4 is 16.6 Å². The summed E-state index contributed by atoms with van der Waals surface area (Å²) < 4.78 is 0. The topological polar surface area (TPSA) is 71.8 Å². The van der Waals surface area contributed by atoms with Gasteiger partial charge in [0, 0.05) is 23.3 Å². The zero-order valence-electron chi connectivity index (χ0n) is 6.24. The van der Waals surface area contributed by atoms with Crippen molar-refractivity contribution < 1.29 is 0 Å². The normalized spacial score (nSPS) is 10.3. The first kappa shape index (κ1) is 6.84. The first-order valence-electron chi connectivity index (χ1n) is 3.50. The third-order valence-electron chi connectivity index (χ3n) is 1.68. The molecule has 0 aliphatic rings. The van der Waals surface area contributed by atoms with Crippen molar-refractivity contribution in [2.45, 2.75) is 0 Å². The van der Waals surface area contributed by atoms with Gasteiger partial charge in [-0.3, -0.25) is 9.78 Å². The van der Waals surface area contributed by atoms with Crippen molar-refractivity contribution in [3.8, 4) is 0 Å². The van der Waals surface area contributed by atoms with Gasteiger partial charge >= 0.3 is 0 Å². The average molecular weight is 161 g/mol. The van der Waals surface area contributed by atoms with Crippen LogP contribution < -0.4 is 11.3 Å². The summed E-state index contributed by atoms with van der Waals surface area (Å²) in [5.41, 5.74) is 6.56. The molecule has 2 aromatic heterocycles. The second-order valence-corrected chi connectivity index (χ2v) is 2.51. The number of rotatable bonds is 0. The summed E-state index contributed by atoms with van der Waals surface area (Å²) in [6.45, 7) is 0. The Balaban J connectivity index is 2.99. The average Bonchev–Trinajstić information content (AvgIpc) is 2.04. The molecule has 2 heterocycles. The number of anilines is 1. The lowest BCUT2D eigenvalue weighted by Gasteiger charge is -1.98. The van der Waals surface area contributed by atoms with Gasteiger partial charge in [-0.05, 0) is 6.07 Å². The summed E-state index contributed by atoms with van der Waals surface area (Å²) in [5, 5.41) is 0.824. The van der Waals surface area contributed by atoms with Gasteiger partial charge < -0.3 is 10.7 Å². The van der Waals surface area contributed by atoms with Gasteiger partial charge in [0.05, 0.1) is 11.7 Å². The number of H-pyrrole nitrogens is 1. The Bertz CT molecular complexity index is 475. The summed E-state index contributed by atoms with van der Waals surface area (Å²) in [4.78, 5) is 17.4. The standard InChI is InChI=1S/C8H7N3O/c9-6-3-8(12)11-7-4-10-2-1-5(6)7/h1-4H,(H3,9,11,12). The highest BCUT2D eigenvalue weighted by molar-refractivity contribution is 5.88. The van der Waals surface area contributed by atoms with Crippen LogP contribution in [0.1, 0.15) is 0 Å². The second-order valence-electron chi connectivity index (χ2n) is 2.51. The SMILES string of the molecule is Nc1cc(=O)[nH]c2cnccc12. The largest absolute Gasteiger partial charge is 0.398 e. The van der Waals surface area contributed by atoms with Crippen molar-refractivity contribution in [2.75, 3.05) is 5.73 Å². The van der Waals surface area contributed by atoms with Crippen LogP contribution in [0.15, 0.2) is 29.3 Å². The van der Waals surface area contributed by atoms with Crippen LogP contribution in [0, 0.1) is 0 Å².